The van der Waals surface area contributed by atoms with Gasteiger partial charge in [-0.3, -0.25) is 15.0 Å². The number of thioether (sulfide) groups is 1. The molecule has 1 aromatic carbocycles. The van der Waals surface area contributed by atoms with Crippen LogP contribution in [0, 0.1) is 23.2 Å². The summed E-state index contributed by atoms with van der Waals surface area (Å²) in [6.07, 6.45) is 16.6. The number of carbonyl (C=O) groups is 1. The van der Waals surface area contributed by atoms with Gasteiger partial charge in [0.2, 0.25) is 5.91 Å². The van der Waals surface area contributed by atoms with Gasteiger partial charge in [-0.05, 0) is 88.6 Å². The minimum Gasteiger partial charge on any atom is -0.348 e. The van der Waals surface area contributed by atoms with Gasteiger partial charge in [0.15, 0.2) is 6.35 Å². The fourth-order valence-electron chi connectivity index (χ4n) is 10.3. The molecule has 262 valence electrons. The second-order valence-corrected chi connectivity index (χ2v) is 17.2. The molecule has 4 heterocycles. The van der Waals surface area contributed by atoms with E-state index in [0.29, 0.717) is 42.9 Å². The van der Waals surface area contributed by atoms with Crippen LogP contribution in [-0.2, 0) is 16.0 Å². The van der Waals surface area contributed by atoms with Crippen LogP contribution >= 0.6 is 11.8 Å². The quantitative estimate of drug-likeness (QED) is 0.286. The van der Waals surface area contributed by atoms with Crippen molar-refractivity contribution in [1.82, 2.24) is 24.9 Å². The zero-order chi connectivity index (χ0) is 33.3. The molecule has 0 bridgehead atoms. The molecule has 2 aliphatic carbocycles. The Kier molecular flexibility index (Phi) is 10.9. The Hall–Kier alpha value is -1.93. The fraction of sp³-hybridized carbons (Fsp3) is 0.744. The molecule has 9 heteroatoms. The number of ether oxygens (including phenoxy) is 1. The predicted octanol–water partition coefficient (Wildman–Crippen LogP) is 5.84. The maximum Gasteiger partial charge on any atom is 0.246 e. The summed E-state index contributed by atoms with van der Waals surface area (Å²) in [6.45, 7) is 10.4. The molecule has 1 N–H and O–H groups in total. The van der Waals surface area contributed by atoms with Crippen molar-refractivity contribution in [2.45, 2.75) is 137 Å². The van der Waals surface area contributed by atoms with Gasteiger partial charge in [-0.1, -0.05) is 57.4 Å². The number of likely N-dealkylation sites (tertiary alicyclic amines) is 1. The van der Waals surface area contributed by atoms with Crippen LogP contribution in [0.5, 0.6) is 0 Å². The summed E-state index contributed by atoms with van der Waals surface area (Å²) in [5.74, 6) is 1.02. The van der Waals surface area contributed by atoms with Crippen LogP contribution < -0.4 is 5.32 Å². The molecule has 0 aromatic heterocycles. The van der Waals surface area contributed by atoms with Gasteiger partial charge < -0.3 is 14.5 Å². The van der Waals surface area contributed by atoms with E-state index in [1.165, 1.54) is 80.7 Å². The van der Waals surface area contributed by atoms with Crippen molar-refractivity contribution in [3.8, 4) is 6.07 Å². The third kappa shape index (κ3) is 6.87. The van der Waals surface area contributed by atoms with E-state index in [-0.39, 0.29) is 29.2 Å². The van der Waals surface area contributed by atoms with Gasteiger partial charge in [0.05, 0.1) is 31.3 Å². The van der Waals surface area contributed by atoms with Crippen molar-refractivity contribution >= 4 is 17.7 Å². The highest BCUT2D eigenvalue weighted by Gasteiger charge is 2.55. The average molecular weight is 675 g/mol. The number of benzene rings is 1. The maximum absolute atomic E-state index is 12.9. The molecule has 1 aromatic rings. The van der Waals surface area contributed by atoms with Crippen LogP contribution in [0.25, 0.3) is 0 Å². The van der Waals surface area contributed by atoms with Gasteiger partial charge >= 0.3 is 0 Å². The molecule has 6 aliphatic rings. The molecule has 2 saturated carbocycles. The number of piperazine rings is 1. The summed E-state index contributed by atoms with van der Waals surface area (Å²) in [5.41, 5.74) is 1.51. The summed E-state index contributed by atoms with van der Waals surface area (Å²) >= 11 is 2.16. The molecule has 1 spiro atoms. The number of fused-ring (bicyclic) bond motifs is 2. The standard InChI is InChI=1S/C39H58N6O2S/c1-4-36(46)44-23-22-43(26-31(44)18-20-40)37-33-17-19-39(28(2)24-29-12-9-10-16-35(29)48-39)25-34(33)41-38(47-27-32-15-11-21-42(32)3)45(37)30-13-7-5-6-8-14-30/h4,9-10,12,16,28,30-34,37-38,41H,1,5-8,11,13-15,17-19,21-27H2,2-3H3/t28?,31?,32?,33?,34?,37?,38?,39-/m0/s1. The van der Waals surface area contributed by atoms with Crippen molar-refractivity contribution in [3.05, 3.63) is 42.5 Å². The lowest BCUT2D eigenvalue weighted by Gasteiger charge is -2.61. The Morgan fingerprint density at radius 1 is 1.10 bits per heavy atom. The van der Waals surface area contributed by atoms with Gasteiger partial charge in [0.25, 0.3) is 0 Å². The van der Waals surface area contributed by atoms with E-state index in [1.54, 1.807) is 0 Å². The summed E-state index contributed by atoms with van der Waals surface area (Å²) < 4.78 is 7.35. The first-order valence-electron chi connectivity index (χ1n) is 19.1. The van der Waals surface area contributed by atoms with Crippen molar-refractivity contribution in [2.75, 3.05) is 39.8 Å². The van der Waals surface area contributed by atoms with Gasteiger partial charge in [-0.15, -0.1) is 11.8 Å². The van der Waals surface area contributed by atoms with Crippen molar-refractivity contribution in [1.29, 1.82) is 5.26 Å². The molecular formula is C39H58N6O2S. The highest BCUT2D eigenvalue weighted by atomic mass is 32.2. The number of amides is 1. The lowest BCUT2D eigenvalue weighted by atomic mass is 9.69. The van der Waals surface area contributed by atoms with E-state index < -0.39 is 0 Å². The molecule has 4 aliphatic heterocycles. The highest BCUT2D eigenvalue weighted by Crippen LogP contribution is 2.56. The SMILES string of the molecule is C=CC(=O)N1CCN(C2C3CC[C@@]4(CC3NC(OCC3CCCN3C)N2C2CCCCCC2)Sc2ccccc2CC4C)CC1CC#N. The van der Waals surface area contributed by atoms with Gasteiger partial charge in [0, 0.05) is 53.3 Å². The normalized spacial score (nSPS) is 37.0. The Morgan fingerprint density at radius 3 is 2.67 bits per heavy atom. The lowest BCUT2D eigenvalue weighted by molar-refractivity contribution is -0.214. The minimum atomic E-state index is -0.137. The third-order valence-electron chi connectivity index (χ3n) is 13.0. The second kappa shape index (κ2) is 15.1. The Balaban J connectivity index is 1.23. The van der Waals surface area contributed by atoms with E-state index >= 15 is 0 Å². The van der Waals surface area contributed by atoms with Crippen molar-refractivity contribution in [2.24, 2.45) is 11.8 Å². The van der Waals surface area contributed by atoms with E-state index in [1.807, 2.05) is 4.90 Å². The number of nitrogens with zero attached hydrogens (tertiary/aromatic N) is 5. The zero-order valence-corrected chi connectivity index (χ0v) is 30.2. The average Bonchev–Trinajstić information content (AvgIpc) is 3.32. The molecule has 0 radical (unpaired) electrons. The maximum atomic E-state index is 12.9. The van der Waals surface area contributed by atoms with Gasteiger partial charge in [0.1, 0.15) is 0 Å². The first-order chi connectivity index (χ1) is 23.4. The first kappa shape index (κ1) is 34.5. The zero-order valence-electron chi connectivity index (χ0n) is 29.4. The van der Waals surface area contributed by atoms with E-state index in [9.17, 15) is 10.1 Å². The molecule has 7 unspecified atom stereocenters. The molecule has 5 fully saturated rings. The molecule has 48 heavy (non-hydrogen) atoms. The van der Waals surface area contributed by atoms with Crippen LogP contribution in [-0.4, -0.2) is 107 Å². The summed E-state index contributed by atoms with van der Waals surface area (Å²) in [4.78, 5) is 24.3. The predicted molar refractivity (Wildman–Crippen MR) is 192 cm³/mol. The molecule has 8 nitrogen and oxygen atoms in total. The van der Waals surface area contributed by atoms with Gasteiger partial charge in [-0.25, -0.2) is 4.90 Å². The van der Waals surface area contributed by atoms with Crippen LogP contribution in [0.4, 0.5) is 0 Å². The Bertz CT molecular complexity index is 1330. The van der Waals surface area contributed by atoms with Gasteiger partial charge in [-0.2, -0.15) is 5.26 Å². The molecule has 3 saturated heterocycles. The number of nitrogens with one attached hydrogen (secondary N) is 1. The number of nitriles is 1. The number of hydrogen-bond acceptors (Lipinski definition) is 8. The molecule has 1 amide bonds. The summed E-state index contributed by atoms with van der Waals surface area (Å²) in [5, 5.41) is 14.1. The van der Waals surface area contributed by atoms with Crippen LogP contribution in [0.3, 0.4) is 0 Å². The topological polar surface area (TPSA) is 75.1 Å². The fourth-order valence-corrected chi connectivity index (χ4v) is 11.9. The monoisotopic (exact) mass is 674 g/mol. The number of likely N-dealkylation sites (N-methyl/N-ethyl adjacent to an activating group) is 1. The van der Waals surface area contributed by atoms with Crippen LogP contribution in [0.1, 0.15) is 89.5 Å². The van der Waals surface area contributed by atoms with Crippen molar-refractivity contribution in [3.63, 3.8) is 0 Å². The molecule has 7 rings (SSSR count). The minimum absolute atomic E-state index is 0.0520. The second-order valence-electron chi connectivity index (χ2n) is 15.8. The third-order valence-corrected chi connectivity index (χ3v) is 14.8. The number of rotatable bonds is 7. The van der Waals surface area contributed by atoms with E-state index in [0.717, 1.165) is 39.1 Å². The molecule has 8 atom stereocenters. The Morgan fingerprint density at radius 2 is 1.92 bits per heavy atom. The van der Waals surface area contributed by atoms with Crippen LogP contribution in [0.2, 0.25) is 0 Å². The number of hydrogen-bond donors (Lipinski definition) is 1. The smallest absolute Gasteiger partial charge is 0.246 e. The number of carbonyl (C=O) groups excluding carboxylic acids is 1. The van der Waals surface area contributed by atoms with Crippen LogP contribution in [0.15, 0.2) is 41.8 Å². The first-order valence-corrected chi connectivity index (χ1v) is 19.9. The lowest BCUT2D eigenvalue weighted by Crippen LogP contribution is -2.75. The van der Waals surface area contributed by atoms with E-state index in [4.69, 9.17) is 4.74 Å². The highest BCUT2D eigenvalue weighted by molar-refractivity contribution is 8.00. The summed E-state index contributed by atoms with van der Waals surface area (Å²) in [6, 6.07) is 12.6. The Labute approximate surface area is 293 Å². The summed E-state index contributed by atoms with van der Waals surface area (Å²) in [7, 11) is 2.25. The largest absolute Gasteiger partial charge is 0.348 e. The van der Waals surface area contributed by atoms with Crippen molar-refractivity contribution < 1.29 is 9.53 Å². The molecular weight excluding hydrogens is 617 g/mol. The van der Waals surface area contributed by atoms with E-state index in [2.05, 4.69) is 82.7 Å².